The van der Waals surface area contributed by atoms with Crippen LogP contribution in [0.15, 0.2) is 24.3 Å². The molecule has 0 aliphatic heterocycles. The van der Waals surface area contributed by atoms with E-state index < -0.39 is 0 Å². The van der Waals surface area contributed by atoms with Gasteiger partial charge in [-0.3, -0.25) is 0 Å². The first kappa shape index (κ1) is 12.1. The van der Waals surface area contributed by atoms with E-state index in [0.29, 0.717) is 5.92 Å². The molecule has 1 aromatic carbocycles. The molecule has 84 valence electrons. The lowest BCUT2D eigenvalue weighted by molar-refractivity contribution is 0.106. The average molecular weight is 207 g/mol. The molecule has 0 bridgehead atoms. The first-order valence-electron chi connectivity index (χ1n) is 5.65. The van der Waals surface area contributed by atoms with Gasteiger partial charge < -0.3 is 10.5 Å². The lowest BCUT2D eigenvalue weighted by atomic mass is 10.1. The van der Waals surface area contributed by atoms with Crippen LogP contribution in [0, 0.1) is 5.92 Å². The van der Waals surface area contributed by atoms with E-state index in [2.05, 4.69) is 19.9 Å². The second kappa shape index (κ2) is 6.46. The van der Waals surface area contributed by atoms with Gasteiger partial charge in [0.2, 0.25) is 0 Å². The largest absolute Gasteiger partial charge is 0.399 e. The maximum atomic E-state index is 5.83. The van der Waals surface area contributed by atoms with Gasteiger partial charge in [0.1, 0.15) is 0 Å². The molecule has 0 saturated heterocycles. The summed E-state index contributed by atoms with van der Waals surface area (Å²) < 4.78 is 5.59. The molecule has 0 amide bonds. The molecule has 2 N–H and O–H groups in total. The minimum absolute atomic E-state index is 0.651. The van der Waals surface area contributed by atoms with Crippen LogP contribution in [-0.2, 0) is 11.2 Å². The highest BCUT2D eigenvalue weighted by atomic mass is 16.5. The predicted octanol–water partition coefficient (Wildman–Crippen LogP) is 2.87. The summed E-state index contributed by atoms with van der Waals surface area (Å²) in [4.78, 5) is 0. The molecule has 1 aromatic rings. The quantitative estimate of drug-likeness (QED) is 0.575. The Kier molecular flexibility index (Phi) is 5.19. The molecule has 0 saturated carbocycles. The zero-order valence-electron chi connectivity index (χ0n) is 9.70. The fourth-order valence-corrected chi connectivity index (χ4v) is 1.35. The summed E-state index contributed by atoms with van der Waals surface area (Å²) in [6.45, 7) is 6.00. The van der Waals surface area contributed by atoms with Crippen molar-refractivity contribution < 1.29 is 4.74 Å². The van der Waals surface area contributed by atoms with Gasteiger partial charge >= 0.3 is 0 Å². The van der Waals surface area contributed by atoms with Crippen molar-refractivity contribution in [3.05, 3.63) is 29.8 Å². The molecular weight excluding hydrogens is 186 g/mol. The minimum Gasteiger partial charge on any atom is -0.399 e. The van der Waals surface area contributed by atoms with Crippen molar-refractivity contribution in [1.29, 1.82) is 0 Å². The van der Waals surface area contributed by atoms with Crippen LogP contribution in [0.4, 0.5) is 5.69 Å². The molecule has 1 unspecified atom stereocenters. The molecule has 1 rings (SSSR count). The Morgan fingerprint density at radius 1 is 1.33 bits per heavy atom. The first-order valence-corrected chi connectivity index (χ1v) is 5.65. The summed E-state index contributed by atoms with van der Waals surface area (Å²) in [5.74, 6) is 0.651. The zero-order valence-corrected chi connectivity index (χ0v) is 9.70. The molecule has 0 fully saturated rings. The number of nitrogens with two attached hydrogens (primary N) is 1. The normalized spacial score (nSPS) is 12.7. The topological polar surface area (TPSA) is 35.2 Å². The Morgan fingerprint density at radius 2 is 2.07 bits per heavy atom. The second-order valence-corrected chi connectivity index (χ2v) is 4.04. The number of ether oxygens (including phenoxy) is 1. The van der Waals surface area contributed by atoms with Crippen molar-refractivity contribution in [1.82, 2.24) is 0 Å². The molecule has 0 spiro atoms. The van der Waals surface area contributed by atoms with Crippen LogP contribution in [0.3, 0.4) is 0 Å². The lowest BCUT2D eigenvalue weighted by Gasteiger charge is -2.10. The Morgan fingerprint density at radius 3 is 2.73 bits per heavy atom. The van der Waals surface area contributed by atoms with Gasteiger partial charge in [0.05, 0.1) is 6.61 Å². The average Bonchev–Trinajstić information content (AvgIpc) is 2.26. The van der Waals surface area contributed by atoms with Crippen molar-refractivity contribution in [2.24, 2.45) is 5.92 Å². The van der Waals surface area contributed by atoms with Gasteiger partial charge in [-0.2, -0.15) is 0 Å². The fraction of sp³-hybridized carbons (Fsp3) is 0.538. The van der Waals surface area contributed by atoms with Gasteiger partial charge in [-0.1, -0.05) is 38.5 Å². The van der Waals surface area contributed by atoms with E-state index in [9.17, 15) is 0 Å². The van der Waals surface area contributed by atoms with Crippen LogP contribution >= 0.6 is 0 Å². The summed E-state index contributed by atoms with van der Waals surface area (Å²) in [5, 5.41) is 0. The summed E-state index contributed by atoms with van der Waals surface area (Å²) in [6.07, 6.45) is 2.08. The van der Waals surface area contributed by atoms with E-state index in [1.165, 1.54) is 12.0 Å². The number of para-hydroxylation sites is 1. The van der Waals surface area contributed by atoms with E-state index in [-0.39, 0.29) is 0 Å². The van der Waals surface area contributed by atoms with Gasteiger partial charge in [0.15, 0.2) is 0 Å². The Balaban J connectivity index is 2.23. The van der Waals surface area contributed by atoms with Gasteiger partial charge in [-0.15, -0.1) is 0 Å². The van der Waals surface area contributed by atoms with Gasteiger partial charge in [-0.25, -0.2) is 0 Å². The van der Waals surface area contributed by atoms with Gasteiger partial charge in [-0.05, 0) is 24.0 Å². The van der Waals surface area contributed by atoms with Gasteiger partial charge in [0, 0.05) is 12.3 Å². The molecule has 2 heteroatoms. The van der Waals surface area contributed by atoms with Crippen LogP contribution < -0.4 is 5.73 Å². The molecule has 0 heterocycles. The summed E-state index contributed by atoms with van der Waals surface area (Å²) in [7, 11) is 0. The standard InChI is InChI=1S/C13H21NO/c1-3-11(2)10-15-9-8-12-6-4-5-7-13(12)14/h4-7,11H,3,8-10,14H2,1-2H3. The number of hydrogen-bond donors (Lipinski definition) is 1. The molecule has 2 nitrogen and oxygen atoms in total. The molecule has 0 aliphatic carbocycles. The summed E-state index contributed by atoms with van der Waals surface area (Å²) in [6, 6.07) is 7.96. The minimum atomic E-state index is 0.651. The number of hydrogen-bond acceptors (Lipinski definition) is 2. The summed E-state index contributed by atoms with van der Waals surface area (Å²) in [5.41, 5.74) is 7.88. The van der Waals surface area contributed by atoms with Crippen molar-refractivity contribution in [3.63, 3.8) is 0 Å². The van der Waals surface area contributed by atoms with Crippen LogP contribution in [0.1, 0.15) is 25.8 Å². The third-order valence-electron chi connectivity index (χ3n) is 2.67. The zero-order chi connectivity index (χ0) is 11.1. The van der Waals surface area contributed by atoms with Crippen LogP contribution in [0.2, 0.25) is 0 Å². The Hall–Kier alpha value is -1.02. The number of anilines is 1. The van der Waals surface area contributed by atoms with E-state index >= 15 is 0 Å². The van der Waals surface area contributed by atoms with Crippen LogP contribution in [0.25, 0.3) is 0 Å². The number of nitrogen functional groups attached to an aromatic ring is 1. The Bertz CT molecular complexity index is 286. The highest BCUT2D eigenvalue weighted by Crippen LogP contribution is 2.11. The highest BCUT2D eigenvalue weighted by Gasteiger charge is 2.00. The maximum absolute atomic E-state index is 5.83. The van der Waals surface area contributed by atoms with E-state index in [1.54, 1.807) is 0 Å². The van der Waals surface area contributed by atoms with Crippen molar-refractivity contribution in [2.45, 2.75) is 26.7 Å². The van der Waals surface area contributed by atoms with E-state index in [0.717, 1.165) is 25.3 Å². The molecular formula is C13H21NO. The number of benzene rings is 1. The van der Waals surface area contributed by atoms with Crippen molar-refractivity contribution in [2.75, 3.05) is 18.9 Å². The molecule has 1 atom stereocenters. The van der Waals surface area contributed by atoms with E-state index in [4.69, 9.17) is 10.5 Å². The molecule has 0 aliphatic rings. The van der Waals surface area contributed by atoms with Crippen LogP contribution in [-0.4, -0.2) is 13.2 Å². The van der Waals surface area contributed by atoms with Crippen molar-refractivity contribution in [3.8, 4) is 0 Å². The highest BCUT2D eigenvalue weighted by molar-refractivity contribution is 5.46. The van der Waals surface area contributed by atoms with E-state index in [1.807, 2.05) is 18.2 Å². The summed E-state index contributed by atoms with van der Waals surface area (Å²) >= 11 is 0. The van der Waals surface area contributed by atoms with Crippen molar-refractivity contribution >= 4 is 5.69 Å². The third kappa shape index (κ3) is 4.34. The lowest BCUT2D eigenvalue weighted by Crippen LogP contribution is -2.08. The smallest absolute Gasteiger partial charge is 0.0507 e. The SMILES string of the molecule is CCC(C)COCCc1ccccc1N. The fourth-order valence-electron chi connectivity index (χ4n) is 1.35. The van der Waals surface area contributed by atoms with Crippen LogP contribution in [0.5, 0.6) is 0 Å². The molecule has 0 aromatic heterocycles. The third-order valence-corrected chi connectivity index (χ3v) is 2.67. The molecule has 0 radical (unpaired) electrons. The Labute approximate surface area is 92.4 Å². The van der Waals surface area contributed by atoms with Gasteiger partial charge in [0.25, 0.3) is 0 Å². The first-order chi connectivity index (χ1) is 7.24. The number of rotatable bonds is 6. The maximum Gasteiger partial charge on any atom is 0.0507 e. The second-order valence-electron chi connectivity index (χ2n) is 4.04. The monoisotopic (exact) mass is 207 g/mol. The molecule has 15 heavy (non-hydrogen) atoms. The predicted molar refractivity (Wildman–Crippen MR) is 64.8 cm³/mol.